The second kappa shape index (κ2) is 6.48. The molecule has 1 aliphatic carbocycles. The maximum atomic E-state index is 11.3. The van der Waals surface area contributed by atoms with E-state index in [-0.39, 0.29) is 23.8 Å². The second-order valence-electron chi connectivity index (χ2n) is 4.20. The topological polar surface area (TPSA) is 67.4 Å². The third-order valence-electron chi connectivity index (χ3n) is 2.57. The standard InChI is InChI=1S/C11H20N2O3/c1-8(7-10(14)16-2)12-5-6-13-11(15)9-3-4-9/h8-9,12H,3-7H2,1-2H3,(H,13,15). The number of esters is 1. The van der Waals surface area contributed by atoms with E-state index in [2.05, 4.69) is 15.4 Å². The minimum atomic E-state index is -0.220. The lowest BCUT2D eigenvalue weighted by atomic mass is 10.2. The van der Waals surface area contributed by atoms with Crippen LogP contribution in [0.15, 0.2) is 0 Å². The summed E-state index contributed by atoms with van der Waals surface area (Å²) < 4.78 is 4.56. The number of hydrogen-bond donors (Lipinski definition) is 2. The first-order chi connectivity index (χ1) is 7.63. The molecule has 0 saturated heterocycles. The Bertz CT molecular complexity index is 252. The quantitative estimate of drug-likeness (QED) is 0.477. The van der Waals surface area contributed by atoms with Gasteiger partial charge in [-0.15, -0.1) is 0 Å². The van der Waals surface area contributed by atoms with Crippen LogP contribution < -0.4 is 10.6 Å². The molecule has 0 aliphatic heterocycles. The monoisotopic (exact) mass is 228 g/mol. The van der Waals surface area contributed by atoms with Crippen molar-refractivity contribution in [1.29, 1.82) is 0 Å². The van der Waals surface area contributed by atoms with Gasteiger partial charge in [0.2, 0.25) is 5.91 Å². The highest BCUT2D eigenvalue weighted by atomic mass is 16.5. The van der Waals surface area contributed by atoms with E-state index >= 15 is 0 Å². The van der Waals surface area contributed by atoms with Crippen molar-refractivity contribution >= 4 is 11.9 Å². The van der Waals surface area contributed by atoms with E-state index in [1.807, 2.05) is 6.92 Å². The molecule has 1 atom stereocenters. The molecule has 1 rings (SSSR count). The van der Waals surface area contributed by atoms with E-state index in [0.717, 1.165) is 12.8 Å². The summed E-state index contributed by atoms with van der Waals surface area (Å²) in [6.07, 6.45) is 2.41. The molecule has 92 valence electrons. The Hall–Kier alpha value is -1.10. The molecule has 5 heteroatoms. The van der Waals surface area contributed by atoms with Crippen molar-refractivity contribution in [3.63, 3.8) is 0 Å². The normalized spacial score (nSPS) is 16.6. The Morgan fingerprint density at radius 2 is 2.06 bits per heavy atom. The summed E-state index contributed by atoms with van der Waals surface area (Å²) in [6.45, 7) is 3.21. The summed E-state index contributed by atoms with van der Waals surface area (Å²) in [7, 11) is 1.38. The van der Waals surface area contributed by atoms with E-state index in [4.69, 9.17) is 0 Å². The first kappa shape index (κ1) is 13.0. The van der Waals surface area contributed by atoms with Crippen LogP contribution in [0.25, 0.3) is 0 Å². The van der Waals surface area contributed by atoms with Crippen LogP contribution in [0.1, 0.15) is 26.2 Å². The first-order valence-corrected chi connectivity index (χ1v) is 5.71. The number of rotatable bonds is 7. The van der Waals surface area contributed by atoms with Crippen LogP contribution in [-0.2, 0) is 14.3 Å². The van der Waals surface area contributed by atoms with Gasteiger partial charge in [0.05, 0.1) is 13.5 Å². The van der Waals surface area contributed by atoms with E-state index in [1.165, 1.54) is 7.11 Å². The van der Waals surface area contributed by atoms with Crippen LogP contribution in [0.3, 0.4) is 0 Å². The molecule has 0 aromatic rings. The van der Waals surface area contributed by atoms with Crippen molar-refractivity contribution in [2.45, 2.75) is 32.2 Å². The maximum Gasteiger partial charge on any atom is 0.307 e. The lowest BCUT2D eigenvalue weighted by Gasteiger charge is -2.12. The molecule has 0 radical (unpaired) electrons. The van der Waals surface area contributed by atoms with Crippen LogP contribution in [0.4, 0.5) is 0 Å². The zero-order valence-electron chi connectivity index (χ0n) is 9.91. The van der Waals surface area contributed by atoms with Crippen LogP contribution in [0.5, 0.6) is 0 Å². The number of carbonyl (C=O) groups is 2. The van der Waals surface area contributed by atoms with E-state index in [0.29, 0.717) is 19.5 Å². The average Bonchev–Trinajstić information content (AvgIpc) is 3.07. The fourth-order valence-electron chi connectivity index (χ4n) is 1.40. The van der Waals surface area contributed by atoms with Crippen molar-refractivity contribution in [2.75, 3.05) is 20.2 Å². The average molecular weight is 228 g/mol. The molecule has 16 heavy (non-hydrogen) atoms. The lowest BCUT2D eigenvalue weighted by molar-refractivity contribution is -0.141. The number of methoxy groups -OCH3 is 1. The van der Waals surface area contributed by atoms with Crippen molar-refractivity contribution in [3.8, 4) is 0 Å². The first-order valence-electron chi connectivity index (χ1n) is 5.71. The van der Waals surface area contributed by atoms with Gasteiger partial charge in [0.15, 0.2) is 0 Å². The largest absolute Gasteiger partial charge is 0.469 e. The van der Waals surface area contributed by atoms with Gasteiger partial charge < -0.3 is 15.4 Å². The summed E-state index contributed by atoms with van der Waals surface area (Å²) >= 11 is 0. The summed E-state index contributed by atoms with van der Waals surface area (Å²) in [4.78, 5) is 22.2. The molecule has 5 nitrogen and oxygen atoms in total. The van der Waals surface area contributed by atoms with Gasteiger partial charge in [-0.1, -0.05) is 0 Å². The number of amides is 1. The second-order valence-corrected chi connectivity index (χ2v) is 4.20. The highest BCUT2D eigenvalue weighted by Crippen LogP contribution is 2.28. The molecule has 0 spiro atoms. The zero-order valence-corrected chi connectivity index (χ0v) is 9.91. The van der Waals surface area contributed by atoms with Gasteiger partial charge in [-0.05, 0) is 19.8 Å². The van der Waals surface area contributed by atoms with Crippen LogP contribution in [-0.4, -0.2) is 38.1 Å². The molecule has 1 fully saturated rings. The van der Waals surface area contributed by atoms with E-state index in [1.54, 1.807) is 0 Å². The van der Waals surface area contributed by atoms with E-state index < -0.39 is 0 Å². The fraction of sp³-hybridized carbons (Fsp3) is 0.818. The number of nitrogens with one attached hydrogen (secondary N) is 2. The minimum absolute atomic E-state index is 0.0743. The highest BCUT2D eigenvalue weighted by molar-refractivity contribution is 5.80. The van der Waals surface area contributed by atoms with Gasteiger partial charge in [0.1, 0.15) is 0 Å². The van der Waals surface area contributed by atoms with Crippen molar-refractivity contribution in [1.82, 2.24) is 10.6 Å². The summed E-state index contributed by atoms with van der Waals surface area (Å²) in [6, 6.07) is 0.0743. The molecule has 1 unspecified atom stereocenters. The lowest BCUT2D eigenvalue weighted by Crippen LogP contribution is -2.37. The molecular weight excluding hydrogens is 208 g/mol. The predicted octanol–water partition coefficient (Wildman–Crippen LogP) is 0.0538. The van der Waals surface area contributed by atoms with Crippen LogP contribution in [0.2, 0.25) is 0 Å². The molecular formula is C11H20N2O3. The zero-order chi connectivity index (χ0) is 12.0. The highest BCUT2D eigenvalue weighted by Gasteiger charge is 2.28. The Balaban J connectivity index is 1.97. The third kappa shape index (κ3) is 5.11. The molecule has 0 bridgehead atoms. The number of hydrogen-bond acceptors (Lipinski definition) is 4. The summed E-state index contributed by atoms with van der Waals surface area (Å²) in [5.41, 5.74) is 0. The van der Waals surface area contributed by atoms with Gasteiger partial charge in [0.25, 0.3) is 0 Å². The molecule has 1 aliphatic rings. The molecule has 2 N–H and O–H groups in total. The van der Waals surface area contributed by atoms with Gasteiger partial charge in [0, 0.05) is 25.0 Å². The number of carbonyl (C=O) groups excluding carboxylic acids is 2. The molecule has 0 aromatic carbocycles. The molecule has 1 amide bonds. The van der Waals surface area contributed by atoms with Crippen molar-refractivity contribution in [3.05, 3.63) is 0 Å². The van der Waals surface area contributed by atoms with Crippen LogP contribution >= 0.6 is 0 Å². The summed E-state index contributed by atoms with van der Waals surface area (Å²) in [5, 5.41) is 6.00. The van der Waals surface area contributed by atoms with Gasteiger partial charge in [-0.3, -0.25) is 9.59 Å². The van der Waals surface area contributed by atoms with Crippen molar-refractivity contribution < 1.29 is 14.3 Å². The van der Waals surface area contributed by atoms with Gasteiger partial charge in [-0.2, -0.15) is 0 Å². The van der Waals surface area contributed by atoms with E-state index in [9.17, 15) is 9.59 Å². The van der Waals surface area contributed by atoms with Crippen LogP contribution in [0, 0.1) is 5.92 Å². The molecule has 1 saturated carbocycles. The predicted molar refractivity (Wildman–Crippen MR) is 59.8 cm³/mol. The Morgan fingerprint density at radius 3 is 2.62 bits per heavy atom. The number of ether oxygens (including phenoxy) is 1. The SMILES string of the molecule is COC(=O)CC(C)NCCNC(=O)C1CC1. The smallest absolute Gasteiger partial charge is 0.307 e. The van der Waals surface area contributed by atoms with Gasteiger partial charge >= 0.3 is 5.97 Å². The third-order valence-corrected chi connectivity index (χ3v) is 2.57. The Kier molecular flexibility index (Phi) is 5.25. The Labute approximate surface area is 95.9 Å². The van der Waals surface area contributed by atoms with Gasteiger partial charge in [-0.25, -0.2) is 0 Å². The Morgan fingerprint density at radius 1 is 1.38 bits per heavy atom. The summed E-state index contributed by atoms with van der Waals surface area (Å²) in [5.74, 6) is 0.192. The maximum absolute atomic E-state index is 11.3. The fourth-order valence-corrected chi connectivity index (χ4v) is 1.40. The van der Waals surface area contributed by atoms with Crippen molar-refractivity contribution in [2.24, 2.45) is 5.92 Å². The molecule has 0 aromatic heterocycles. The molecule has 0 heterocycles. The minimum Gasteiger partial charge on any atom is -0.469 e.